The molecule has 25 heavy (non-hydrogen) atoms. The van der Waals surface area contributed by atoms with Crippen molar-refractivity contribution in [3.05, 3.63) is 11.6 Å². The van der Waals surface area contributed by atoms with Gasteiger partial charge in [0, 0.05) is 12.8 Å². The molecular weight excluding hydrogens is 316 g/mol. The predicted octanol–water partition coefficient (Wildman–Crippen LogP) is 3.02. The van der Waals surface area contributed by atoms with Gasteiger partial charge in [0.05, 0.1) is 5.41 Å². The van der Waals surface area contributed by atoms with Crippen molar-refractivity contribution in [1.29, 1.82) is 0 Å². The minimum absolute atomic E-state index is 0.0494. The van der Waals surface area contributed by atoms with Gasteiger partial charge >= 0.3 is 0 Å². The van der Waals surface area contributed by atoms with E-state index in [9.17, 15) is 19.5 Å². The summed E-state index contributed by atoms with van der Waals surface area (Å²) in [7, 11) is 0. The molecule has 6 unspecified atom stereocenters. The first-order valence-corrected chi connectivity index (χ1v) is 9.65. The summed E-state index contributed by atoms with van der Waals surface area (Å²) in [5.74, 6) is 0.656. The van der Waals surface area contributed by atoms with Gasteiger partial charge in [-0.1, -0.05) is 12.5 Å². The molecule has 136 valence electrons. The van der Waals surface area contributed by atoms with Gasteiger partial charge in [0.15, 0.2) is 11.6 Å². The minimum atomic E-state index is -1.50. The van der Waals surface area contributed by atoms with E-state index in [1.54, 1.807) is 0 Å². The van der Waals surface area contributed by atoms with Crippen molar-refractivity contribution in [1.82, 2.24) is 0 Å². The Balaban J connectivity index is 1.76. The Labute approximate surface area is 149 Å². The lowest BCUT2D eigenvalue weighted by Crippen LogP contribution is -2.61. The van der Waals surface area contributed by atoms with Crippen LogP contribution in [-0.4, -0.2) is 28.1 Å². The standard InChI is InChI=1S/C21H28O4/c1-12(22)21(25)9-7-16-15-5-4-13-10-14(23)6-8-19(13,2)17(15)11-18(24)20(16,21)3/h10,15-17,25H,4-9,11H2,1-3H3. The molecule has 0 aromatic carbocycles. The Kier molecular flexibility index (Phi) is 3.51. The van der Waals surface area contributed by atoms with Crippen molar-refractivity contribution in [2.24, 2.45) is 28.6 Å². The number of Topliss-reactive ketones (excluding diaryl/α,β-unsaturated/α-hetero) is 2. The fourth-order valence-corrected chi connectivity index (χ4v) is 6.86. The van der Waals surface area contributed by atoms with Crippen LogP contribution >= 0.6 is 0 Å². The number of aliphatic hydroxyl groups is 1. The first-order valence-electron chi connectivity index (χ1n) is 9.65. The lowest BCUT2D eigenvalue weighted by molar-refractivity contribution is -0.172. The Morgan fingerprint density at radius 2 is 1.84 bits per heavy atom. The molecule has 6 atom stereocenters. The predicted molar refractivity (Wildman–Crippen MR) is 92.7 cm³/mol. The first kappa shape index (κ1) is 17.1. The van der Waals surface area contributed by atoms with Crippen molar-refractivity contribution < 1.29 is 19.5 Å². The maximum absolute atomic E-state index is 13.3. The summed E-state index contributed by atoms with van der Waals surface area (Å²) in [5.41, 5.74) is -1.30. The topological polar surface area (TPSA) is 71.4 Å². The molecule has 0 aromatic rings. The van der Waals surface area contributed by atoms with Gasteiger partial charge in [-0.3, -0.25) is 14.4 Å². The van der Waals surface area contributed by atoms with Gasteiger partial charge in [-0.25, -0.2) is 0 Å². The van der Waals surface area contributed by atoms with Gasteiger partial charge in [-0.2, -0.15) is 0 Å². The van der Waals surface area contributed by atoms with E-state index in [1.165, 1.54) is 12.5 Å². The van der Waals surface area contributed by atoms with Gasteiger partial charge in [0.25, 0.3) is 0 Å². The van der Waals surface area contributed by atoms with E-state index >= 15 is 0 Å². The average molecular weight is 344 g/mol. The number of hydrogen-bond donors (Lipinski definition) is 1. The van der Waals surface area contributed by atoms with Gasteiger partial charge in [-0.15, -0.1) is 0 Å². The highest BCUT2D eigenvalue weighted by molar-refractivity contribution is 5.98. The second-order valence-corrected chi connectivity index (χ2v) is 9.25. The van der Waals surface area contributed by atoms with Crippen molar-refractivity contribution >= 4 is 17.3 Å². The summed E-state index contributed by atoms with van der Waals surface area (Å²) in [4.78, 5) is 37.3. The van der Waals surface area contributed by atoms with Crippen LogP contribution in [0.15, 0.2) is 11.6 Å². The quantitative estimate of drug-likeness (QED) is 0.794. The molecule has 0 amide bonds. The molecular formula is C21H28O4. The number of carbonyl (C=O) groups excluding carboxylic acids is 3. The second-order valence-electron chi connectivity index (χ2n) is 9.25. The lowest BCUT2D eigenvalue weighted by atomic mass is 9.46. The van der Waals surface area contributed by atoms with Crippen molar-refractivity contribution in [3.63, 3.8) is 0 Å². The van der Waals surface area contributed by atoms with E-state index in [0.29, 0.717) is 25.2 Å². The number of rotatable bonds is 1. The highest BCUT2D eigenvalue weighted by Crippen LogP contribution is 2.66. The molecule has 3 fully saturated rings. The highest BCUT2D eigenvalue weighted by Gasteiger charge is 2.69. The van der Waals surface area contributed by atoms with E-state index in [-0.39, 0.29) is 34.6 Å². The van der Waals surface area contributed by atoms with Crippen LogP contribution in [0.4, 0.5) is 0 Å². The number of allylic oxidation sites excluding steroid dienone is 1. The van der Waals surface area contributed by atoms with Crippen LogP contribution in [-0.2, 0) is 14.4 Å². The molecule has 0 saturated heterocycles. The normalized spacial score (nSPS) is 49.1. The SMILES string of the molecule is CC(=O)C1(O)CCC2C3CCC4=CC(=O)CCC4(C)C3CC(=O)C21C. The molecule has 4 rings (SSSR count). The van der Waals surface area contributed by atoms with Crippen LogP contribution in [0, 0.1) is 28.6 Å². The van der Waals surface area contributed by atoms with E-state index < -0.39 is 11.0 Å². The van der Waals surface area contributed by atoms with Gasteiger partial charge in [-0.05, 0) is 75.2 Å². The third-order valence-electron chi connectivity index (χ3n) is 8.54. The van der Waals surface area contributed by atoms with Crippen LogP contribution in [0.25, 0.3) is 0 Å². The third kappa shape index (κ3) is 1.95. The fourth-order valence-electron chi connectivity index (χ4n) is 6.86. The molecule has 0 spiro atoms. The summed E-state index contributed by atoms with van der Waals surface area (Å²) in [6.07, 6.45) is 6.66. The molecule has 0 aliphatic heterocycles. The second kappa shape index (κ2) is 5.12. The maximum Gasteiger partial charge on any atom is 0.162 e. The van der Waals surface area contributed by atoms with Crippen molar-refractivity contribution in [2.45, 2.75) is 71.3 Å². The Bertz CT molecular complexity index is 707. The zero-order chi connectivity index (χ0) is 18.2. The molecule has 3 saturated carbocycles. The Hall–Kier alpha value is -1.29. The Morgan fingerprint density at radius 3 is 2.52 bits per heavy atom. The van der Waals surface area contributed by atoms with Crippen molar-refractivity contribution in [3.8, 4) is 0 Å². The zero-order valence-electron chi connectivity index (χ0n) is 15.4. The molecule has 0 heterocycles. The zero-order valence-corrected chi connectivity index (χ0v) is 15.4. The summed E-state index contributed by atoms with van der Waals surface area (Å²) in [6, 6.07) is 0. The highest BCUT2D eigenvalue weighted by atomic mass is 16.3. The molecule has 0 aromatic heterocycles. The minimum Gasteiger partial charge on any atom is -0.381 e. The molecule has 0 bridgehead atoms. The van der Waals surface area contributed by atoms with E-state index in [2.05, 4.69) is 6.92 Å². The van der Waals surface area contributed by atoms with Crippen LogP contribution in [0.1, 0.15) is 65.7 Å². The first-order chi connectivity index (χ1) is 11.6. The lowest BCUT2D eigenvalue weighted by Gasteiger charge is -2.57. The summed E-state index contributed by atoms with van der Waals surface area (Å²) in [5, 5.41) is 11.1. The van der Waals surface area contributed by atoms with Crippen LogP contribution in [0.5, 0.6) is 0 Å². The number of carbonyl (C=O) groups is 3. The van der Waals surface area contributed by atoms with E-state index in [0.717, 1.165) is 25.7 Å². The van der Waals surface area contributed by atoms with Crippen molar-refractivity contribution in [2.75, 3.05) is 0 Å². The molecule has 1 N–H and O–H groups in total. The van der Waals surface area contributed by atoms with Crippen LogP contribution < -0.4 is 0 Å². The van der Waals surface area contributed by atoms with E-state index in [4.69, 9.17) is 0 Å². The maximum atomic E-state index is 13.3. The summed E-state index contributed by atoms with van der Waals surface area (Å²) >= 11 is 0. The van der Waals surface area contributed by atoms with Gasteiger partial charge in [0.1, 0.15) is 11.4 Å². The van der Waals surface area contributed by atoms with Crippen LogP contribution in [0.3, 0.4) is 0 Å². The third-order valence-corrected chi connectivity index (χ3v) is 8.54. The summed E-state index contributed by atoms with van der Waals surface area (Å²) < 4.78 is 0. The number of hydrogen-bond acceptors (Lipinski definition) is 4. The van der Waals surface area contributed by atoms with Gasteiger partial charge < -0.3 is 5.11 Å². The fraction of sp³-hybridized carbons (Fsp3) is 0.762. The molecule has 4 nitrogen and oxygen atoms in total. The van der Waals surface area contributed by atoms with Gasteiger partial charge in [0.2, 0.25) is 0 Å². The Morgan fingerprint density at radius 1 is 1.12 bits per heavy atom. The molecule has 0 radical (unpaired) electrons. The number of fused-ring (bicyclic) bond motifs is 5. The van der Waals surface area contributed by atoms with E-state index in [1.807, 2.05) is 13.0 Å². The van der Waals surface area contributed by atoms with Crippen LogP contribution in [0.2, 0.25) is 0 Å². The smallest absolute Gasteiger partial charge is 0.162 e. The number of ketones is 3. The molecule has 4 heteroatoms. The molecule has 4 aliphatic carbocycles. The molecule has 4 aliphatic rings. The largest absolute Gasteiger partial charge is 0.381 e. The average Bonchev–Trinajstić information content (AvgIpc) is 2.84. The monoisotopic (exact) mass is 344 g/mol. The summed E-state index contributed by atoms with van der Waals surface area (Å²) in [6.45, 7) is 5.48.